The minimum Gasteiger partial charge on any atom is -0.393 e. The smallest absolute Gasteiger partial charge is 0.123 e. The molecular formula is C11H11FO. The van der Waals surface area contributed by atoms with E-state index in [1.807, 2.05) is 6.07 Å². The summed E-state index contributed by atoms with van der Waals surface area (Å²) in [5.74, 6) is 0.719. The van der Waals surface area contributed by atoms with Crippen LogP contribution in [0.15, 0.2) is 18.2 Å². The van der Waals surface area contributed by atoms with Gasteiger partial charge in [-0.15, -0.1) is 0 Å². The van der Waals surface area contributed by atoms with Gasteiger partial charge < -0.3 is 5.11 Å². The number of aliphatic hydroxyl groups excluding tert-OH is 1. The second-order valence-corrected chi connectivity index (χ2v) is 4.12. The van der Waals surface area contributed by atoms with E-state index < -0.39 is 0 Å². The maximum absolute atomic E-state index is 12.9. The van der Waals surface area contributed by atoms with Gasteiger partial charge in [0, 0.05) is 0 Å². The standard InChI is InChI=1S/C11H11FO/c12-7-1-2-8-6(3-7)4-10-9(8)5-11(10)13/h1-3,9-11,13H,4-5H2. The molecule has 3 rings (SSSR count). The molecule has 0 amide bonds. The topological polar surface area (TPSA) is 20.2 Å². The van der Waals surface area contributed by atoms with Crippen molar-refractivity contribution in [2.24, 2.45) is 5.92 Å². The molecule has 0 bridgehead atoms. The molecule has 0 spiro atoms. The lowest BCUT2D eigenvalue weighted by atomic mass is 9.72. The predicted molar refractivity (Wildman–Crippen MR) is 47.0 cm³/mol. The van der Waals surface area contributed by atoms with Gasteiger partial charge in [-0.2, -0.15) is 0 Å². The van der Waals surface area contributed by atoms with Gasteiger partial charge in [-0.3, -0.25) is 0 Å². The zero-order chi connectivity index (χ0) is 9.00. The van der Waals surface area contributed by atoms with Gasteiger partial charge in [0.1, 0.15) is 5.82 Å². The molecule has 2 aliphatic carbocycles. The van der Waals surface area contributed by atoms with Crippen molar-refractivity contribution in [3.63, 3.8) is 0 Å². The predicted octanol–water partition coefficient (Wildman–Crippen LogP) is 1.85. The van der Waals surface area contributed by atoms with Gasteiger partial charge in [-0.25, -0.2) is 4.39 Å². The summed E-state index contributed by atoms with van der Waals surface area (Å²) in [7, 11) is 0. The lowest BCUT2D eigenvalue weighted by molar-refractivity contribution is 0.0110. The molecule has 1 N–H and O–H groups in total. The Morgan fingerprint density at radius 1 is 1.38 bits per heavy atom. The molecule has 2 heteroatoms. The molecule has 1 aromatic rings. The van der Waals surface area contributed by atoms with E-state index in [4.69, 9.17) is 0 Å². The Morgan fingerprint density at radius 2 is 2.23 bits per heavy atom. The van der Waals surface area contributed by atoms with Crippen LogP contribution in [0.2, 0.25) is 0 Å². The van der Waals surface area contributed by atoms with Crippen molar-refractivity contribution in [2.75, 3.05) is 0 Å². The third-order valence-corrected chi connectivity index (χ3v) is 3.47. The van der Waals surface area contributed by atoms with Crippen molar-refractivity contribution in [3.05, 3.63) is 35.1 Å². The minimum absolute atomic E-state index is 0.152. The maximum atomic E-state index is 12.9. The van der Waals surface area contributed by atoms with Crippen LogP contribution in [0, 0.1) is 11.7 Å². The Morgan fingerprint density at radius 3 is 3.00 bits per heavy atom. The SMILES string of the molecule is OC1CC2c3ccc(F)cc3CC12. The largest absolute Gasteiger partial charge is 0.393 e. The Labute approximate surface area is 76.2 Å². The normalized spacial score (nSPS) is 35.1. The number of rotatable bonds is 0. The highest BCUT2D eigenvalue weighted by atomic mass is 19.1. The van der Waals surface area contributed by atoms with Crippen LogP contribution in [-0.2, 0) is 6.42 Å². The first kappa shape index (κ1) is 7.51. The molecule has 1 saturated carbocycles. The first-order valence-electron chi connectivity index (χ1n) is 4.72. The Bertz CT molecular complexity index is 361. The fourth-order valence-corrected chi connectivity index (χ4v) is 2.68. The first-order chi connectivity index (χ1) is 6.25. The van der Waals surface area contributed by atoms with E-state index in [0.29, 0.717) is 11.8 Å². The first-order valence-corrected chi connectivity index (χ1v) is 4.72. The van der Waals surface area contributed by atoms with Crippen LogP contribution in [-0.4, -0.2) is 11.2 Å². The number of aliphatic hydroxyl groups is 1. The molecule has 1 fully saturated rings. The summed E-state index contributed by atoms with van der Waals surface area (Å²) in [5, 5.41) is 9.47. The van der Waals surface area contributed by atoms with E-state index in [1.165, 1.54) is 11.6 Å². The average Bonchev–Trinajstić information content (AvgIpc) is 2.39. The summed E-state index contributed by atoms with van der Waals surface area (Å²) in [6.07, 6.45) is 1.57. The number of hydrogen-bond donors (Lipinski definition) is 1. The van der Waals surface area contributed by atoms with Crippen molar-refractivity contribution in [1.82, 2.24) is 0 Å². The molecule has 1 aromatic carbocycles. The lowest BCUT2D eigenvalue weighted by Crippen LogP contribution is -2.36. The summed E-state index contributed by atoms with van der Waals surface area (Å²) >= 11 is 0. The highest BCUT2D eigenvalue weighted by molar-refractivity contribution is 5.39. The molecule has 0 aliphatic heterocycles. The van der Waals surface area contributed by atoms with Gasteiger partial charge >= 0.3 is 0 Å². The van der Waals surface area contributed by atoms with Gasteiger partial charge in [0.05, 0.1) is 6.10 Å². The van der Waals surface area contributed by atoms with E-state index in [1.54, 1.807) is 6.07 Å². The van der Waals surface area contributed by atoms with Crippen molar-refractivity contribution in [2.45, 2.75) is 24.9 Å². The fourth-order valence-electron chi connectivity index (χ4n) is 2.68. The molecule has 1 nitrogen and oxygen atoms in total. The van der Waals surface area contributed by atoms with Gasteiger partial charge in [0.15, 0.2) is 0 Å². The third kappa shape index (κ3) is 0.894. The van der Waals surface area contributed by atoms with Crippen LogP contribution >= 0.6 is 0 Å². The van der Waals surface area contributed by atoms with Crippen molar-refractivity contribution >= 4 is 0 Å². The highest BCUT2D eigenvalue weighted by Crippen LogP contribution is 2.51. The Kier molecular flexibility index (Phi) is 1.34. The Balaban J connectivity index is 2.04. The van der Waals surface area contributed by atoms with Crippen LogP contribution in [0.1, 0.15) is 23.5 Å². The van der Waals surface area contributed by atoms with Crippen LogP contribution in [0.3, 0.4) is 0 Å². The van der Waals surface area contributed by atoms with Gasteiger partial charge in [0.25, 0.3) is 0 Å². The summed E-state index contributed by atoms with van der Waals surface area (Å²) in [5.41, 5.74) is 2.36. The Hall–Kier alpha value is -0.890. The number of halogens is 1. The van der Waals surface area contributed by atoms with Crippen molar-refractivity contribution < 1.29 is 9.50 Å². The van der Waals surface area contributed by atoms with E-state index in [9.17, 15) is 9.50 Å². The van der Waals surface area contributed by atoms with Gasteiger partial charge in [-0.05, 0) is 47.9 Å². The summed E-state index contributed by atoms with van der Waals surface area (Å²) in [4.78, 5) is 0. The number of fused-ring (bicyclic) bond motifs is 3. The van der Waals surface area contributed by atoms with Crippen LogP contribution in [0.4, 0.5) is 4.39 Å². The van der Waals surface area contributed by atoms with Gasteiger partial charge in [0.2, 0.25) is 0 Å². The van der Waals surface area contributed by atoms with E-state index >= 15 is 0 Å². The minimum atomic E-state index is -0.158. The second-order valence-electron chi connectivity index (χ2n) is 4.12. The van der Waals surface area contributed by atoms with Crippen molar-refractivity contribution in [1.29, 1.82) is 0 Å². The van der Waals surface area contributed by atoms with E-state index in [-0.39, 0.29) is 11.9 Å². The quantitative estimate of drug-likeness (QED) is 0.642. The van der Waals surface area contributed by atoms with Crippen LogP contribution in [0.25, 0.3) is 0 Å². The maximum Gasteiger partial charge on any atom is 0.123 e. The molecule has 0 heterocycles. The fraction of sp³-hybridized carbons (Fsp3) is 0.455. The molecule has 68 valence electrons. The molecular weight excluding hydrogens is 167 g/mol. The lowest BCUT2D eigenvalue weighted by Gasteiger charge is -2.36. The zero-order valence-electron chi connectivity index (χ0n) is 7.20. The zero-order valence-corrected chi connectivity index (χ0v) is 7.20. The number of hydrogen-bond acceptors (Lipinski definition) is 1. The summed E-state index contributed by atoms with van der Waals surface area (Å²) in [6, 6.07) is 5.01. The molecule has 2 aliphatic rings. The second kappa shape index (κ2) is 2.32. The van der Waals surface area contributed by atoms with Gasteiger partial charge in [-0.1, -0.05) is 6.07 Å². The average molecular weight is 178 g/mol. The summed E-state index contributed by atoms with van der Waals surface area (Å²) < 4.78 is 12.9. The summed E-state index contributed by atoms with van der Waals surface area (Å²) in [6.45, 7) is 0. The molecule has 13 heavy (non-hydrogen) atoms. The monoisotopic (exact) mass is 178 g/mol. The molecule has 0 saturated heterocycles. The van der Waals surface area contributed by atoms with Crippen molar-refractivity contribution in [3.8, 4) is 0 Å². The molecule has 3 atom stereocenters. The van der Waals surface area contributed by atoms with E-state index in [2.05, 4.69) is 0 Å². The molecule has 3 unspecified atom stereocenters. The third-order valence-electron chi connectivity index (χ3n) is 3.47. The highest BCUT2D eigenvalue weighted by Gasteiger charge is 2.45. The molecule has 0 aromatic heterocycles. The number of benzene rings is 1. The van der Waals surface area contributed by atoms with Crippen LogP contribution < -0.4 is 0 Å². The van der Waals surface area contributed by atoms with Crippen LogP contribution in [0.5, 0.6) is 0 Å². The van der Waals surface area contributed by atoms with E-state index in [0.717, 1.165) is 18.4 Å². The molecule has 0 radical (unpaired) electrons.